The second kappa shape index (κ2) is 10.4. The maximum absolute atomic E-state index is 15.2. The van der Waals surface area contributed by atoms with Gasteiger partial charge in [0.05, 0.1) is 23.7 Å². The molecule has 0 saturated carbocycles. The van der Waals surface area contributed by atoms with Crippen LogP contribution in [-0.4, -0.2) is 69.2 Å². The predicted octanol–water partition coefficient (Wildman–Crippen LogP) is 5.01. The molecule has 0 N–H and O–H groups in total. The topological polar surface area (TPSA) is 76.2 Å². The van der Waals surface area contributed by atoms with Crippen LogP contribution in [0.25, 0.3) is 0 Å². The molecule has 1 atom stereocenters. The van der Waals surface area contributed by atoms with E-state index in [-0.39, 0.29) is 42.1 Å². The highest BCUT2D eigenvalue weighted by Gasteiger charge is 2.52. The van der Waals surface area contributed by atoms with Crippen LogP contribution in [0.1, 0.15) is 39.2 Å². The van der Waals surface area contributed by atoms with Crippen molar-refractivity contribution < 1.29 is 31.5 Å². The van der Waals surface area contributed by atoms with Gasteiger partial charge in [0.15, 0.2) is 21.4 Å². The zero-order chi connectivity index (χ0) is 27.0. The third-order valence-electron chi connectivity index (χ3n) is 7.12. The van der Waals surface area contributed by atoms with Crippen molar-refractivity contribution in [2.24, 2.45) is 0 Å². The van der Waals surface area contributed by atoms with Gasteiger partial charge in [0.2, 0.25) is 0 Å². The SMILES string of the molecule is CC(C)(C)N1CCN(C(=O)OCCC2(S(=O)(=O)c3ccc(Cl)cc3)CCOc3c(F)ccc(F)c32)CC1. The monoisotopic (exact) mass is 556 g/mol. The Morgan fingerprint density at radius 3 is 2.30 bits per heavy atom. The Balaban J connectivity index is 1.61. The lowest BCUT2D eigenvalue weighted by Gasteiger charge is -2.42. The first-order valence-electron chi connectivity index (χ1n) is 12.1. The summed E-state index contributed by atoms with van der Waals surface area (Å²) < 4.78 is 66.8. The summed E-state index contributed by atoms with van der Waals surface area (Å²) in [6, 6.07) is 7.27. The summed E-state index contributed by atoms with van der Waals surface area (Å²) in [5.74, 6) is -2.20. The summed E-state index contributed by atoms with van der Waals surface area (Å²) in [7, 11) is -4.30. The molecule has 1 amide bonds. The van der Waals surface area contributed by atoms with Crippen LogP contribution in [0.5, 0.6) is 5.75 Å². The zero-order valence-corrected chi connectivity index (χ0v) is 22.7. The molecular weight excluding hydrogens is 526 g/mol. The largest absolute Gasteiger partial charge is 0.490 e. The number of carbonyl (C=O) groups is 1. The van der Waals surface area contributed by atoms with Gasteiger partial charge in [-0.2, -0.15) is 0 Å². The van der Waals surface area contributed by atoms with Crippen LogP contribution in [0.2, 0.25) is 5.02 Å². The molecule has 2 heterocycles. The maximum Gasteiger partial charge on any atom is 0.409 e. The van der Waals surface area contributed by atoms with E-state index in [1.165, 1.54) is 24.3 Å². The summed E-state index contributed by atoms with van der Waals surface area (Å²) in [5.41, 5.74) is -0.405. The number of halogens is 3. The molecule has 2 aliphatic heterocycles. The first-order valence-corrected chi connectivity index (χ1v) is 14.0. The van der Waals surface area contributed by atoms with Gasteiger partial charge < -0.3 is 14.4 Å². The van der Waals surface area contributed by atoms with Crippen LogP contribution in [0.3, 0.4) is 0 Å². The molecule has 11 heteroatoms. The van der Waals surface area contributed by atoms with Crippen LogP contribution in [-0.2, 0) is 19.3 Å². The number of hydrogen-bond acceptors (Lipinski definition) is 6. The molecule has 2 aromatic carbocycles. The highest BCUT2D eigenvalue weighted by Crippen LogP contribution is 2.50. The van der Waals surface area contributed by atoms with Crippen molar-refractivity contribution in [1.29, 1.82) is 0 Å². The fourth-order valence-electron chi connectivity index (χ4n) is 4.99. The van der Waals surface area contributed by atoms with E-state index >= 15 is 4.39 Å². The Labute approximate surface area is 221 Å². The first-order chi connectivity index (χ1) is 17.4. The summed E-state index contributed by atoms with van der Waals surface area (Å²) in [5, 5.41) is 0.332. The molecule has 0 aliphatic carbocycles. The summed E-state index contributed by atoms with van der Waals surface area (Å²) in [6.07, 6.45) is -0.991. The average Bonchev–Trinajstić information content (AvgIpc) is 2.86. The van der Waals surface area contributed by atoms with Crippen molar-refractivity contribution in [3.05, 3.63) is 58.6 Å². The van der Waals surface area contributed by atoms with Gasteiger partial charge in [0.25, 0.3) is 0 Å². The third-order valence-corrected chi connectivity index (χ3v) is 9.91. The van der Waals surface area contributed by atoms with Crippen molar-refractivity contribution in [1.82, 2.24) is 9.80 Å². The quantitative estimate of drug-likeness (QED) is 0.515. The van der Waals surface area contributed by atoms with Crippen LogP contribution in [0.4, 0.5) is 13.6 Å². The van der Waals surface area contributed by atoms with Gasteiger partial charge in [-0.25, -0.2) is 22.0 Å². The fraction of sp³-hybridized carbons (Fsp3) is 0.500. The average molecular weight is 557 g/mol. The van der Waals surface area contributed by atoms with Crippen molar-refractivity contribution in [2.75, 3.05) is 39.4 Å². The highest BCUT2D eigenvalue weighted by molar-refractivity contribution is 7.92. The molecule has 1 saturated heterocycles. The summed E-state index contributed by atoms with van der Waals surface area (Å²) in [6.45, 7) is 8.18. The van der Waals surface area contributed by atoms with E-state index in [1.807, 2.05) is 0 Å². The Morgan fingerprint density at radius 1 is 1.05 bits per heavy atom. The van der Waals surface area contributed by atoms with E-state index in [9.17, 15) is 17.6 Å². The number of sulfone groups is 1. The standard InChI is InChI=1S/C26H31ClF2N2O5S/c1-25(2,3)31-14-12-30(13-15-31)24(32)36-17-11-26(37(33,34)19-6-4-18(27)5-7-19)10-16-35-23-21(29)9-8-20(28)22(23)26/h4-9H,10-17H2,1-3H3. The number of piperazine rings is 1. The molecule has 2 aromatic rings. The molecule has 1 unspecified atom stereocenters. The molecule has 37 heavy (non-hydrogen) atoms. The number of ether oxygens (including phenoxy) is 2. The number of fused-ring (bicyclic) bond motifs is 1. The van der Waals surface area contributed by atoms with E-state index in [0.29, 0.717) is 31.2 Å². The molecule has 2 aliphatic rings. The fourth-order valence-corrected chi connectivity index (χ4v) is 7.22. The third kappa shape index (κ3) is 5.28. The van der Waals surface area contributed by atoms with Crippen molar-refractivity contribution in [2.45, 2.75) is 48.8 Å². The Kier molecular flexibility index (Phi) is 7.74. The van der Waals surface area contributed by atoms with Gasteiger partial charge in [-0.15, -0.1) is 0 Å². The first kappa shape index (κ1) is 27.6. The number of rotatable bonds is 5. The van der Waals surface area contributed by atoms with E-state index in [4.69, 9.17) is 21.1 Å². The van der Waals surface area contributed by atoms with E-state index in [2.05, 4.69) is 25.7 Å². The van der Waals surface area contributed by atoms with E-state index < -0.39 is 38.1 Å². The van der Waals surface area contributed by atoms with E-state index in [1.54, 1.807) is 4.90 Å². The number of benzene rings is 2. The van der Waals surface area contributed by atoms with Gasteiger partial charge in [-0.3, -0.25) is 4.90 Å². The molecule has 0 aromatic heterocycles. The molecule has 4 rings (SSSR count). The minimum atomic E-state index is -4.30. The van der Waals surface area contributed by atoms with Gasteiger partial charge in [0, 0.05) is 49.6 Å². The van der Waals surface area contributed by atoms with Crippen LogP contribution in [0, 0.1) is 11.6 Å². The Hall–Kier alpha value is -2.43. The van der Waals surface area contributed by atoms with Crippen LogP contribution >= 0.6 is 11.6 Å². The van der Waals surface area contributed by atoms with Crippen molar-refractivity contribution in [3.8, 4) is 5.75 Å². The second-order valence-electron chi connectivity index (χ2n) is 10.3. The van der Waals surface area contributed by atoms with Crippen molar-refractivity contribution >= 4 is 27.5 Å². The predicted molar refractivity (Wildman–Crippen MR) is 136 cm³/mol. The highest BCUT2D eigenvalue weighted by atomic mass is 35.5. The van der Waals surface area contributed by atoms with Crippen LogP contribution < -0.4 is 4.74 Å². The van der Waals surface area contributed by atoms with E-state index in [0.717, 1.165) is 12.1 Å². The minimum Gasteiger partial charge on any atom is -0.490 e. The van der Waals surface area contributed by atoms with Gasteiger partial charge >= 0.3 is 6.09 Å². The van der Waals surface area contributed by atoms with Gasteiger partial charge in [-0.1, -0.05) is 11.6 Å². The summed E-state index contributed by atoms with van der Waals surface area (Å²) in [4.78, 5) is 16.5. The second-order valence-corrected chi connectivity index (χ2v) is 13.0. The Morgan fingerprint density at radius 2 is 1.68 bits per heavy atom. The molecule has 1 fully saturated rings. The molecule has 0 radical (unpaired) electrons. The molecule has 0 spiro atoms. The maximum atomic E-state index is 15.2. The molecular formula is C26H31ClF2N2O5S. The number of nitrogens with zero attached hydrogens (tertiary/aromatic N) is 2. The van der Waals surface area contributed by atoms with Gasteiger partial charge in [-0.05, 0) is 57.2 Å². The number of hydrogen-bond donors (Lipinski definition) is 0. The number of carbonyl (C=O) groups excluding carboxylic acids is 1. The van der Waals surface area contributed by atoms with Crippen molar-refractivity contribution in [3.63, 3.8) is 0 Å². The van der Waals surface area contributed by atoms with Gasteiger partial charge in [0.1, 0.15) is 10.6 Å². The zero-order valence-electron chi connectivity index (χ0n) is 21.1. The molecule has 7 nitrogen and oxygen atoms in total. The smallest absolute Gasteiger partial charge is 0.409 e. The molecule has 0 bridgehead atoms. The normalized spacial score (nSPS) is 20.8. The molecule has 202 valence electrons. The number of amides is 1. The lowest BCUT2D eigenvalue weighted by atomic mass is 9.88. The lowest BCUT2D eigenvalue weighted by Crippen LogP contribution is -2.54. The lowest BCUT2D eigenvalue weighted by molar-refractivity contribution is 0.0437. The Bertz CT molecular complexity index is 1260. The minimum absolute atomic E-state index is 0.0197. The van der Waals surface area contributed by atoms with Crippen LogP contribution in [0.15, 0.2) is 41.3 Å². The summed E-state index contributed by atoms with van der Waals surface area (Å²) >= 11 is 5.95.